The Hall–Kier alpha value is -2.54. The summed E-state index contributed by atoms with van der Waals surface area (Å²) in [5, 5.41) is 8.72. The molecule has 4 nitrogen and oxygen atoms in total. The number of rotatable bonds is 6. The molecule has 1 aromatic heterocycles. The Balaban J connectivity index is 2.14. The monoisotopic (exact) mass is 254 g/mol. The van der Waals surface area contributed by atoms with Crippen LogP contribution in [-0.2, 0) is 6.54 Å². The van der Waals surface area contributed by atoms with Crippen LogP contribution in [0.4, 0.5) is 5.69 Å². The summed E-state index contributed by atoms with van der Waals surface area (Å²) in [5.74, 6) is 1.03. The van der Waals surface area contributed by atoms with Crippen molar-refractivity contribution >= 4 is 12.0 Å². The lowest BCUT2D eigenvalue weighted by Gasteiger charge is -2.22. The molecule has 0 fully saturated rings. The maximum Gasteiger partial charge on any atom is 0.185 e. The van der Waals surface area contributed by atoms with Gasteiger partial charge in [0.15, 0.2) is 12.0 Å². The molecule has 0 aliphatic heterocycles. The van der Waals surface area contributed by atoms with Gasteiger partial charge in [0.1, 0.15) is 5.76 Å². The van der Waals surface area contributed by atoms with E-state index >= 15 is 0 Å². The number of carbonyl (C=O) groups is 1. The largest absolute Gasteiger partial charge is 0.456 e. The highest BCUT2D eigenvalue weighted by Gasteiger charge is 2.09. The Morgan fingerprint density at radius 3 is 2.63 bits per heavy atom. The molecule has 0 radical (unpaired) electrons. The van der Waals surface area contributed by atoms with Gasteiger partial charge in [-0.25, -0.2) is 0 Å². The van der Waals surface area contributed by atoms with Crippen LogP contribution in [0.25, 0.3) is 0 Å². The predicted octanol–water partition coefficient (Wildman–Crippen LogP) is 3.01. The van der Waals surface area contributed by atoms with Crippen molar-refractivity contribution in [2.45, 2.75) is 13.0 Å². The third-order valence-corrected chi connectivity index (χ3v) is 2.76. The number of hydrogen-bond acceptors (Lipinski definition) is 4. The second-order valence-electron chi connectivity index (χ2n) is 4.09. The Morgan fingerprint density at radius 1 is 1.21 bits per heavy atom. The standard InChI is InChI=1S/C15H14N2O2/c16-9-4-10-17(13-5-2-1-3-6-13)11-14-7-8-15(12-18)19-14/h1-3,5-8,12H,4,10-11H2. The Labute approximate surface area is 111 Å². The van der Waals surface area contributed by atoms with E-state index in [-0.39, 0.29) is 0 Å². The maximum atomic E-state index is 10.6. The SMILES string of the molecule is N#CCCN(Cc1ccc(C=O)o1)c1ccccc1. The van der Waals surface area contributed by atoms with Gasteiger partial charge in [0.2, 0.25) is 0 Å². The fourth-order valence-electron chi connectivity index (χ4n) is 1.85. The van der Waals surface area contributed by atoms with Crippen molar-refractivity contribution < 1.29 is 9.21 Å². The topological polar surface area (TPSA) is 57.2 Å². The molecule has 0 atom stereocenters. The second kappa shape index (κ2) is 6.41. The zero-order valence-corrected chi connectivity index (χ0v) is 10.5. The van der Waals surface area contributed by atoms with Crippen LogP contribution in [0.1, 0.15) is 22.7 Å². The van der Waals surface area contributed by atoms with Gasteiger partial charge in [-0.2, -0.15) is 5.26 Å². The molecular formula is C15H14N2O2. The lowest BCUT2D eigenvalue weighted by Crippen LogP contribution is -2.23. The van der Waals surface area contributed by atoms with Gasteiger partial charge in [-0.3, -0.25) is 4.79 Å². The van der Waals surface area contributed by atoms with Gasteiger partial charge in [0.05, 0.1) is 19.0 Å². The molecule has 0 N–H and O–H groups in total. The molecule has 0 spiro atoms. The minimum Gasteiger partial charge on any atom is -0.456 e. The zero-order valence-electron chi connectivity index (χ0n) is 10.5. The molecule has 0 saturated heterocycles. The lowest BCUT2D eigenvalue weighted by atomic mass is 10.2. The number of furan rings is 1. The lowest BCUT2D eigenvalue weighted by molar-refractivity contribution is 0.109. The molecule has 4 heteroatoms. The fraction of sp³-hybridized carbons (Fsp3) is 0.200. The van der Waals surface area contributed by atoms with E-state index in [1.165, 1.54) is 0 Å². The van der Waals surface area contributed by atoms with Gasteiger partial charge in [-0.1, -0.05) is 18.2 Å². The summed E-state index contributed by atoms with van der Waals surface area (Å²) in [5.41, 5.74) is 1.03. The van der Waals surface area contributed by atoms with Crippen molar-refractivity contribution in [3.63, 3.8) is 0 Å². The molecule has 1 aromatic carbocycles. The second-order valence-corrected chi connectivity index (χ2v) is 4.09. The molecule has 2 rings (SSSR count). The van der Waals surface area contributed by atoms with Crippen LogP contribution in [0.15, 0.2) is 46.9 Å². The first-order valence-corrected chi connectivity index (χ1v) is 6.04. The third kappa shape index (κ3) is 3.46. The minimum absolute atomic E-state index is 0.322. The smallest absolute Gasteiger partial charge is 0.185 e. The number of hydrogen-bond donors (Lipinski definition) is 0. The minimum atomic E-state index is 0.322. The molecule has 0 aliphatic carbocycles. The van der Waals surface area contributed by atoms with Crippen molar-refractivity contribution in [1.82, 2.24) is 0 Å². The van der Waals surface area contributed by atoms with E-state index < -0.39 is 0 Å². The highest BCUT2D eigenvalue weighted by Crippen LogP contribution is 2.18. The van der Waals surface area contributed by atoms with E-state index in [9.17, 15) is 4.79 Å². The molecule has 0 bridgehead atoms. The fourth-order valence-corrected chi connectivity index (χ4v) is 1.85. The van der Waals surface area contributed by atoms with Gasteiger partial charge < -0.3 is 9.32 Å². The highest BCUT2D eigenvalue weighted by atomic mass is 16.3. The van der Waals surface area contributed by atoms with E-state index in [0.29, 0.717) is 37.3 Å². The maximum absolute atomic E-state index is 10.6. The van der Waals surface area contributed by atoms with Gasteiger partial charge in [0.25, 0.3) is 0 Å². The van der Waals surface area contributed by atoms with Gasteiger partial charge in [0, 0.05) is 12.2 Å². The number of aldehydes is 1. The van der Waals surface area contributed by atoms with Crippen LogP contribution in [0.3, 0.4) is 0 Å². The summed E-state index contributed by atoms with van der Waals surface area (Å²) in [6.45, 7) is 1.16. The van der Waals surface area contributed by atoms with E-state index in [0.717, 1.165) is 5.69 Å². The van der Waals surface area contributed by atoms with Crippen molar-refractivity contribution in [3.05, 3.63) is 54.0 Å². The number of nitriles is 1. The van der Waals surface area contributed by atoms with Crippen LogP contribution < -0.4 is 4.90 Å². The molecule has 0 amide bonds. The predicted molar refractivity (Wildman–Crippen MR) is 71.8 cm³/mol. The molecule has 0 aliphatic rings. The zero-order chi connectivity index (χ0) is 13.5. The van der Waals surface area contributed by atoms with Gasteiger partial charge in [-0.15, -0.1) is 0 Å². The highest BCUT2D eigenvalue weighted by molar-refractivity contribution is 5.70. The van der Waals surface area contributed by atoms with Crippen molar-refractivity contribution in [3.8, 4) is 6.07 Å². The summed E-state index contributed by atoms with van der Waals surface area (Å²) in [6, 6.07) is 15.4. The van der Waals surface area contributed by atoms with Crippen LogP contribution in [0, 0.1) is 11.3 Å². The normalized spacial score (nSPS) is 9.84. The van der Waals surface area contributed by atoms with E-state index in [4.69, 9.17) is 9.68 Å². The van der Waals surface area contributed by atoms with Gasteiger partial charge >= 0.3 is 0 Å². The molecule has 19 heavy (non-hydrogen) atoms. The van der Waals surface area contributed by atoms with Gasteiger partial charge in [-0.05, 0) is 24.3 Å². The molecule has 0 saturated carbocycles. The van der Waals surface area contributed by atoms with Crippen LogP contribution in [0.2, 0.25) is 0 Å². The van der Waals surface area contributed by atoms with E-state index in [1.54, 1.807) is 12.1 Å². The molecule has 1 heterocycles. The Bertz CT molecular complexity index is 569. The number of benzene rings is 1. The number of para-hydroxylation sites is 1. The summed E-state index contributed by atoms with van der Waals surface area (Å²) >= 11 is 0. The average Bonchev–Trinajstić information content (AvgIpc) is 2.92. The molecule has 0 unspecified atom stereocenters. The quantitative estimate of drug-likeness (QED) is 0.743. The summed E-state index contributed by atoms with van der Waals surface area (Å²) < 4.78 is 5.37. The molecule has 96 valence electrons. The summed E-state index contributed by atoms with van der Waals surface area (Å²) in [7, 11) is 0. The van der Waals surface area contributed by atoms with Crippen LogP contribution >= 0.6 is 0 Å². The van der Waals surface area contributed by atoms with E-state index in [1.807, 2.05) is 30.3 Å². The van der Waals surface area contributed by atoms with E-state index in [2.05, 4.69) is 11.0 Å². The van der Waals surface area contributed by atoms with Crippen molar-refractivity contribution in [2.75, 3.05) is 11.4 Å². The summed E-state index contributed by atoms with van der Waals surface area (Å²) in [6.07, 6.45) is 1.13. The first-order chi connectivity index (χ1) is 9.33. The van der Waals surface area contributed by atoms with Crippen molar-refractivity contribution in [2.24, 2.45) is 0 Å². The molecular weight excluding hydrogens is 240 g/mol. The Morgan fingerprint density at radius 2 is 2.00 bits per heavy atom. The first-order valence-electron chi connectivity index (χ1n) is 6.04. The van der Waals surface area contributed by atoms with Crippen LogP contribution in [-0.4, -0.2) is 12.8 Å². The third-order valence-electron chi connectivity index (χ3n) is 2.76. The molecule has 2 aromatic rings. The summed E-state index contributed by atoms with van der Waals surface area (Å²) in [4.78, 5) is 12.6. The number of nitrogens with zero attached hydrogens (tertiary/aromatic N) is 2. The average molecular weight is 254 g/mol. The number of anilines is 1. The van der Waals surface area contributed by atoms with Crippen LogP contribution in [0.5, 0.6) is 0 Å². The number of carbonyl (C=O) groups excluding carboxylic acids is 1. The first kappa shape index (κ1) is 12.9. The van der Waals surface area contributed by atoms with Crippen molar-refractivity contribution in [1.29, 1.82) is 5.26 Å². The Kier molecular flexibility index (Phi) is 4.35.